The number of amides is 1. The van der Waals surface area contributed by atoms with Crippen molar-refractivity contribution in [3.8, 4) is 11.5 Å². The molecule has 0 saturated carbocycles. The van der Waals surface area contributed by atoms with Crippen LogP contribution in [-0.4, -0.2) is 31.7 Å². The van der Waals surface area contributed by atoms with Crippen molar-refractivity contribution in [3.05, 3.63) is 22.7 Å². The smallest absolute Gasteiger partial charge is 0.223 e. The van der Waals surface area contributed by atoms with Gasteiger partial charge in [-0.15, -0.1) is 12.4 Å². The second-order valence-corrected chi connectivity index (χ2v) is 6.30. The molecule has 2 aliphatic heterocycles. The van der Waals surface area contributed by atoms with Crippen molar-refractivity contribution in [1.29, 1.82) is 0 Å². The maximum absolute atomic E-state index is 12.3. The second-order valence-electron chi connectivity index (χ2n) is 5.90. The van der Waals surface area contributed by atoms with Crippen molar-refractivity contribution in [2.45, 2.75) is 32.4 Å². The molecule has 1 aromatic rings. The first-order valence-electron chi connectivity index (χ1n) is 7.72. The number of ether oxygens (including phenoxy) is 2. The highest BCUT2D eigenvalue weighted by Gasteiger charge is 2.24. The van der Waals surface area contributed by atoms with Gasteiger partial charge in [0.05, 0.1) is 5.02 Å². The highest BCUT2D eigenvalue weighted by Crippen LogP contribution is 2.38. The topological polar surface area (TPSA) is 59.6 Å². The van der Waals surface area contributed by atoms with E-state index < -0.39 is 0 Å². The predicted molar refractivity (Wildman–Crippen MR) is 91.7 cm³/mol. The fourth-order valence-electron chi connectivity index (χ4n) is 2.97. The Kier molecular flexibility index (Phi) is 6.39. The van der Waals surface area contributed by atoms with E-state index >= 15 is 0 Å². The monoisotopic (exact) mass is 360 g/mol. The first-order chi connectivity index (χ1) is 10.6. The number of fused-ring (bicyclic) bond motifs is 1. The minimum absolute atomic E-state index is 0. The van der Waals surface area contributed by atoms with Crippen LogP contribution < -0.4 is 20.1 Å². The van der Waals surface area contributed by atoms with Crippen molar-refractivity contribution in [2.24, 2.45) is 5.92 Å². The molecule has 2 heterocycles. The summed E-state index contributed by atoms with van der Waals surface area (Å²) in [5, 5.41) is 6.88. The summed E-state index contributed by atoms with van der Waals surface area (Å²) >= 11 is 6.20. The molecule has 2 atom stereocenters. The Bertz CT molecular complexity index is 569. The second kappa shape index (κ2) is 8.08. The standard InChI is InChI=1S/C16H21ClN2O3.ClH/c1-10-6-12(2-3-18-10)16(20)19-9-11-7-13(17)15-14(8-11)21-4-5-22-15;/h7-8,10,12,18H,2-6,9H2,1H3,(H,19,20);1H/t10-,12-;/m0./s1. The van der Waals surface area contributed by atoms with Crippen molar-refractivity contribution >= 4 is 29.9 Å². The Labute approximate surface area is 147 Å². The average molecular weight is 361 g/mol. The van der Waals surface area contributed by atoms with Crippen LogP contribution in [0.5, 0.6) is 11.5 Å². The van der Waals surface area contributed by atoms with Crippen LogP contribution in [0.1, 0.15) is 25.3 Å². The number of halogens is 2. The van der Waals surface area contributed by atoms with Gasteiger partial charge in [0, 0.05) is 18.5 Å². The number of hydrogen-bond acceptors (Lipinski definition) is 4. The molecule has 1 amide bonds. The zero-order chi connectivity index (χ0) is 15.5. The average Bonchev–Trinajstić information content (AvgIpc) is 2.53. The van der Waals surface area contributed by atoms with Crippen molar-refractivity contribution in [3.63, 3.8) is 0 Å². The van der Waals surface area contributed by atoms with Gasteiger partial charge in [-0.1, -0.05) is 11.6 Å². The number of benzene rings is 1. The lowest BCUT2D eigenvalue weighted by atomic mass is 9.92. The van der Waals surface area contributed by atoms with Crippen molar-refractivity contribution < 1.29 is 14.3 Å². The molecule has 0 spiro atoms. The van der Waals surface area contributed by atoms with Gasteiger partial charge in [-0.3, -0.25) is 4.79 Å². The molecule has 23 heavy (non-hydrogen) atoms. The van der Waals surface area contributed by atoms with E-state index in [-0.39, 0.29) is 24.2 Å². The first-order valence-corrected chi connectivity index (χ1v) is 8.10. The number of hydrogen-bond donors (Lipinski definition) is 2. The SMILES string of the molecule is C[C@H]1C[C@@H](C(=O)NCc2cc(Cl)c3c(c2)OCCO3)CCN1.Cl. The zero-order valence-corrected chi connectivity index (χ0v) is 14.6. The molecular weight excluding hydrogens is 339 g/mol. The Morgan fingerprint density at radius 2 is 2.17 bits per heavy atom. The first kappa shape index (κ1) is 18.2. The van der Waals surface area contributed by atoms with E-state index in [0.29, 0.717) is 42.3 Å². The number of nitrogens with one attached hydrogen (secondary N) is 2. The summed E-state index contributed by atoms with van der Waals surface area (Å²) in [7, 11) is 0. The molecule has 0 aliphatic carbocycles. The number of carbonyl (C=O) groups is 1. The minimum atomic E-state index is 0. The van der Waals surface area contributed by atoms with Crippen LogP contribution in [0.25, 0.3) is 0 Å². The van der Waals surface area contributed by atoms with Gasteiger partial charge >= 0.3 is 0 Å². The van der Waals surface area contributed by atoms with Crippen LogP contribution in [0.2, 0.25) is 5.02 Å². The lowest BCUT2D eigenvalue weighted by molar-refractivity contribution is -0.126. The lowest BCUT2D eigenvalue weighted by Crippen LogP contribution is -2.42. The molecule has 7 heteroatoms. The van der Waals surface area contributed by atoms with Crippen LogP contribution in [0, 0.1) is 5.92 Å². The highest BCUT2D eigenvalue weighted by atomic mass is 35.5. The van der Waals surface area contributed by atoms with E-state index in [2.05, 4.69) is 17.6 Å². The molecule has 2 N–H and O–H groups in total. The molecule has 3 rings (SSSR count). The summed E-state index contributed by atoms with van der Waals surface area (Å²) in [4.78, 5) is 12.3. The fraction of sp³-hybridized carbons (Fsp3) is 0.562. The van der Waals surface area contributed by atoms with Crippen LogP contribution >= 0.6 is 24.0 Å². The minimum Gasteiger partial charge on any atom is -0.486 e. The quantitative estimate of drug-likeness (QED) is 0.869. The molecule has 0 radical (unpaired) electrons. The summed E-state index contributed by atoms with van der Waals surface area (Å²) in [6.45, 7) is 4.49. The van der Waals surface area contributed by atoms with E-state index in [0.717, 1.165) is 24.9 Å². The van der Waals surface area contributed by atoms with Gasteiger partial charge in [0.25, 0.3) is 0 Å². The number of rotatable bonds is 3. The van der Waals surface area contributed by atoms with E-state index in [4.69, 9.17) is 21.1 Å². The van der Waals surface area contributed by atoms with Crippen LogP contribution in [0.15, 0.2) is 12.1 Å². The Morgan fingerprint density at radius 1 is 1.39 bits per heavy atom. The van der Waals surface area contributed by atoms with Crippen LogP contribution in [-0.2, 0) is 11.3 Å². The molecule has 0 bridgehead atoms. The third-order valence-corrected chi connectivity index (χ3v) is 4.40. The van der Waals surface area contributed by atoms with Gasteiger partial charge in [0.2, 0.25) is 5.91 Å². The van der Waals surface area contributed by atoms with Gasteiger partial charge in [0.15, 0.2) is 11.5 Å². The number of carbonyl (C=O) groups excluding carboxylic acids is 1. The molecule has 0 unspecified atom stereocenters. The predicted octanol–water partition coefficient (Wildman–Crippen LogP) is 2.54. The van der Waals surface area contributed by atoms with Crippen LogP contribution in [0.3, 0.4) is 0 Å². The summed E-state index contributed by atoms with van der Waals surface area (Å²) in [5.41, 5.74) is 0.921. The molecular formula is C16H22Cl2N2O3. The lowest BCUT2D eigenvalue weighted by Gasteiger charge is -2.27. The van der Waals surface area contributed by atoms with Crippen molar-refractivity contribution in [2.75, 3.05) is 19.8 Å². The van der Waals surface area contributed by atoms with Gasteiger partial charge in [-0.2, -0.15) is 0 Å². The summed E-state index contributed by atoms with van der Waals surface area (Å²) in [6.07, 6.45) is 1.77. The number of piperidine rings is 1. The third-order valence-electron chi connectivity index (χ3n) is 4.12. The fourth-order valence-corrected chi connectivity index (χ4v) is 3.26. The molecule has 2 aliphatic rings. The maximum Gasteiger partial charge on any atom is 0.223 e. The normalized spacial score (nSPS) is 22.9. The molecule has 5 nitrogen and oxygen atoms in total. The van der Waals surface area contributed by atoms with Gasteiger partial charge in [-0.05, 0) is 44.0 Å². The Hall–Kier alpha value is -1.17. The van der Waals surface area contributed by atoms with Crippen LogP contribution in [0.4, 0.5) is 0 Å². The van der Waals surface area contributed by atoms with Gasteiger partial charge in [0.1, 0.15) is 13.2 Å². The van der Waals surface area contributed by atoms with E-state index in [1.54, 1.807) is 0 Å². The van der Waals surface area contributed by atoms with Crippen molar-refractivity contribution in [1.82, 2.24) is 10.6 Å². The molecule has 1 aromatic carbocycles. The van der Waals surface area contributed by atoms with Gasteiger partial charge < -0.3 is 20.1 Å². The third kappa shape index (κ3) is 4.43. The molecule has 0 aromatic heterocycles. The summed E-state index contributed by atoms with van der Waals surface area (Å²) < 4.78 is 11.0. The maximum atomic E-state index is 12.3. The molecule has 1 saturated heterocycles. The molecule has 128 valence electrons. The van der Waals surface area contributed by atoms with Gasteiger partial charge in [-0.25, -0.2) is 0 Å². The summed E-state index contributed by atoms with van der Waals surface area (Å²) in [6, 6.07) is 4.10. The molecule has 1 fully saturated rings. The Morgan fingerprint density at radius 3 is 2.96 bits per heavy atom. The largest absolute Gasteiger partial charge is 0.486 e. The summed E-state index contributed by atoms with van der Waals surface area (Å²) in [5.74, 6) is 1.44. The van der Waals surface area contributed by atoms with E-state index in [1.165, 1.54) is 0 Å². The zero-order valence-electron chi connectivity index (χ0n) is 13.1. The van der Waals surface area contributed by atoms with E-state index in [1.807, 2.05) is 12.1 Å². The van der Waals surface area contributed by atoms with E-state index in [9.17, 15) is 4.79 Å². The Balaban J connectivity index is 0.00000192. The highest BCUT2D eigenvalue weighted by molar-refractivity contribution is 6.32.